The number of ketones is 1. The number of furan rings is 1. The Kier molecular flexibility index (Phi) is 6.27. The van der Waals surface area contributed by atoms with E-state index in [9.17, 15) is 9.59 Å². The quantitative estimate of drug-likeness (QED) is 0.216. The number of methoxy groups -OCH3 is 1. The molecule has 1 heterocycles. The second-order valence-corrected chi connectivity index (χ2v) is 15.7. The van der Waals surface area contributed by atoms with Crippen molar-refractivity contribution in [1.29, 1.82) is 0 Å². The van der Waals surface area contributed by atoms with Crippen LogP contribution < -0.4 is 0 Å². The van der Waals surface area contributed by atoms with Gasteiger partial charge in [0.05, 0.1) is 18.8 Å². The predicted octanol–water partition coefficient (Wildman–Crippen LogP) is 8.67. The van der Waals surface area contributed by atoms with Crippen molar-refractivity contribution >= 4 is 17.8 Å². The molecule has 0 amide bonds. The molecule has 4 heteroatoms. The average molecular weight is 547 g/mol. The minimum Gasteiger partial charge on any atom is -0.469 e. The summed E-state index contributed by atoms with van der Waals surface area (Å²) in [5, 5.41) is 0. The highest BCUT2D eigenvalue weighted by atomic mass is 16.5. The summed E-state index contributed by atoms with van der Waals surface area (Å²) in [5.41, 5.74) is 1.75. The van der Waals surface area contributed by atoms with Crippen molar-refractivity contribution in [2.45, 2.75) is 99.3 Å². The largest absolute Gasteiger partial charge is 0.469 e. The first-order valence-electron chi connectivity index (χ1n) is 15.8. The van der Waals surface area contributed by atoms with Gasteiger partial charge in [-0.2, -0.15) is 0 Å². The summed E-state index contributed by atoms with van der Waals surface area (Å²) in [7, 11) is 1.58. The molecular formula is C36H50O4. The van der Waals surface area contributed by atoms with Gasteiger partial charge in [-0.3, -0.25) is 9.59 Å². The zero-order valence-electron chi connectivity index (χ0n) is 25.9. The van der Waals surface area contributed by atoms with Crippen LogP contribution in [0.1, 0.15) is 105 Å². The highest BCUT2D eigenvalue weighted by molar-refractivity contribution is 6.04. The minimum absolute atomic E-state index is 0.0199. The van der Waals surface area contributed by atoms with Gasteiger partial charge >= 0.3 is 5.97 Å². The Morgan fingerprint density at radius 3 is 2.40 bits per heavy atom. The van der Waals surface area contributed by atoms with Crippen LogP contribution in [0, 0.1) is 56.7 Å². The topological polar surface area (TPSA) is 56.5 Å². The van der Waals surface area contributed by atoms with Crippen molar-refractivity contribution in [2.24, 2.45) is 56.7 Å². The predicted molar refractivity (Wildman–Crippen MR) is 158 cm³/mol. The van der Waals surface area contributed by atoms with Crippen LogP contribution >= 0.6 is 0 Å². The third-order valence-electron chi connectivity index (χ3n) is 14.1. The van der Waals surface area contributed by atoms with E-state index in [0.29, 0.717) is 35.4 Å². The van der Waals surface area contributed by atoms with Crippen LogP contribution in [0.25, 0.3) is 6.08 Å². The van der Waals surface area contributed by atoms with Crippen molar-refractivity contribution in [3.63, 3.8) is 0 Å². The molecule has 5 aliphatic carbocycles. The first kappa shape index (κ1) is 28.0. The molecule has 0 radical (unpaired) electrons. The molecule has 6 rings (SSSR count). The summed E-state index contributed by atoms with van der Waals surface area (Å²) in [6, 6.07) is 3.85. The number of carbonyl (C=O) groups is 2. The Bertz CT molecular complexity index is 1250. The minimum atomic E-state index is -0.395. The van der Waals surface area contributed by atoms with Gasteiger partial charge in [0, 0.05) is 5.41 Å². The summed E-state index contributed by atoms with van der Waals surface area (Å²) in [6.45, 7) is 18.7. The third kappa shape index (κ3) is 3.43. The summed E-state index contributed by atoms with van der Waals surface area (Å²) >= 11 is 0. The monoisotopic (exact) mass is 546 g/mol. The smallest absolute Gasteiger partial charge is 0.312 e. The third-order valence-corrected chi connectivity index (χ3v) is 14.1. The molecule has 5 fully saturated rings. The van der Waals surface area contributed by atoms with Crippen LogP contribution in [0.15, 0.2) is 40.5 Å². The number of fused-ring (bicyclic) bond motifs is 7. The number of hydrogen-bond acceptors (Lipinski definition) is 4. The van der Waals surface area contributed by atoms with Crippen molar-refractivity contribution < 1.29 is 18.7 Å². The van der Waals surface area contributed by atoms with Crippen LogP contribution in [-0.4, -0.2) is 18.9 Å². The molecule has 1 aromatic rings. The van der Waals surface area contributed by atoms with E-state index in [1.54, 1.807) is 13.4 Å². The molecule has 0 spiro atoms. The zero-order chi connectivity index (χ0) is 28.9. The van der Waals surface area contributed by atoms with E-state index in [1.807, 2.05) is 18.2 Å². The lowest BCUT2D eigenvalue weighted by molar-refractivity contribution is -0.232. The van der Waals surface area contributed by atoms with Gasteiger partial charge in [0.25, 0.3) is 0 Å². The van der Waals surface area contributed by atoms with Crippen molar-refractivity contribution in [3.8, 4) is 0 Å². The Labute approximate surface area is 241 Å². The van der Waals surface area contributed by atoms with E-state index in [-0.39, 0.29) is 27.6 Å². The lowest BCUT2D eigenvalue weighted by atomic mass is 9.32. The lowest BCUT2D eigenvalue weighted by Gasteiger charge is -2.72. The maximum atomic E-state index is 13.9. The number of ether oxygens (including phenoxy) is 1. The van der Waals surface area contributed by atoms with Crippen LogP contribution in [0.3, 0.4) is 0 Å². The number of hydrogen-bond donors (Lipinski definition) is 0. The molecule has 0 aromatic carbocycles. The molecule has 40 heavy (non-hydrogen) atoms. The zero-order valence-corrected chi connectivity index (χ0v) is 25.9. The highest BCUT2D eigenvalue weighted by Crippen LogP contribution is 2.77. The summed E-state index contributed by atoms with van der Waals surface area (Å²) < 4.78 is 11.2. The van der Waals surface area contributed by atoms with Crippen molar-refractivity contribution in [2.75, 3.05) is 7.11 Å². The molecule has 0 unspecified atom stereocenters. The van der Waals surface area contributed by atoms with E-state index in [1.165, 1.54) is 12.0 Å². The Balaban J connectivity index is 1.42. The normalized spacial score (nSPS) is 46.6. The fraction of sp³-hybridized carbons (Fsp3) is 0.722. The molecule has 5 saturated carbocycles. The second kappa shape index (κ2) is 8.95. The molecular weight excluding hydrogens is 496 g/mol. The van der Waals surface area contributed by atoms with Gasteiger partial charge in [-0.1, -0.05) is 46.8 Å². The Hall–Kier alpha value is -2.10. The Morgan fingerprint density at radius 2 is 1.75 bits per heavy atom. The van der Waals surface area contributed by atoms with E-state index in [2.05, 4.69) is 48.1 Å². The fourth-order valence-corrected chi connectivity index (χ4v) is 12.2. The van der Waals surface area contributed by atoms with E-state index >= 15 is 0 Å². The van der Waals surface area contributed by atoms with Gasteiger partial charge in [0.15, 0.2) is 5.78 Å². The number of Topliss-reactive ketones (excluding diaryl/α,β-unsaturated/α-hetero) is 1. The first-order valence-corrected chi connectivity index (χ1v) is 15.8. The van der Waals surface area contributed by atoms with Crippen LogP contribution in [0.5, 0.6) is 0 Å². The van der Waals surface area contributed by atoms with Crippen molar-refractivity contribution in [3.05, 3.63) is 41.9 Å². The summed E-state index contributed by atoms with van der Waals surface area (Å²) in [4.78, 5) is 27.4. The molecule has 5 aliphatic rings. The SMILES string of the molecule is C=C(C)[C@@H]1CC[C@]2(C(=O)OC)CC[C@]3(C)[C@H](CC[C@@H]4[C@@]5(C)C/C(=C/c6ccco6)C(=O)C(C)(C)[C@@H]5CC[C@]43C)[C@@H]12. The summed E-state index contributed by atoms with van der Waals surface area (Å²) in [5.74, 6) is 3.19. The number of carbonyl (C=O) groups excluding carboxylic acids is 2. The van der Waals surface area contributed by atoms with Crippen LogP contribution in [0.2, 0.25) is 0 Å². The molecule has 0 saturated heterocycles. The van der Waals surface area contributed by atoms with Crippen LogP contribution in [0.4, 0.5) is 0 Å². The number of rotatable bonds is 3. The van der Waals surface area contributed by atoms with E-state index in [4.69, 9.17) is 9.15 Å². The van der Waals surface area contributed by atoms with Crippen molar-refractivity contribution in [1.82, 2.24) is 0 Å². The molecule has 4 nitrogen and oxygen atoms in total. The maximum absolute atomic E-state index is 13.9. The molecule has 218 valence electrons. The fourth-order valence-electron chi connectivity index (χ4n) is 12.2. The van der Waals surface area contributed by atoms with Gasteiger partial charge in [-0.15, -0.1) is 0 Å². The highest BCUT2D eigenvalue weighted by Gasteiger charge is 2.72. The van der Waals surface area contributed by atoms with Gasteiger partial charge in [-0.05, 0) is 134 Å². The standard InChI is InChI=1S/C36H50O4/c1-22(2)25-13-16-36(31(38)39-8)18-17-34(6)26(29(25)36)11-12-28-33(5)21-23(20-24-10-9-19-40-24)30(37)32(3,4)27(33)14-15-35(28,34)7/h9-10,19-20,25-29H,1,11-18,21H2,2-8H3/b23-20-/t25-,26+,27-,28+,29+,33-,34+,35+,36-/m0/s1. The first-order chi connectivity index (χ1) is 18.8. The van der Waals surface area contributed by atoms with E-state index < -0.39 is 5.41 Å². The van der Waals surface area contributed by atoms with Gasteiger partial charge in [-0.25, -0.2) is 0 Å². The summed E-state index contributed by atoms with van der Waals surface area (Å²) in [6.07, 6.45) is 13.1. The van der Waals surface area contributed by atoms with Gasteiger partial charge < -0.3 is 9.15 Å². The molecule has 1 aromatic heterocycles. The van der Waals surface area contributed by atoms with E-state index in [0.717, 1.165) is 62.7 Å². The second-order valence-electron chi connectivity index (χ2n) is 15.7. The van der Waals surface area contributed by atoms with Gasteiger partial charge in [0.1, 0.15) is 5.76 Å². The Morgan fingerprint density at radius 1 is 1.00 bits per heavy atom. The lowest BCUT2D eigenvalue weighted by Crippen LogP contribution is -2.67. The average Bonchev–Trinajstić information content (AvgIpc) is 3.55. The number of allylic oxidation sites excluding steroid dienone is 2. The molecule has 0 bridgehead atoms. The molecule has 9 atom stereocenters. The maximum Gasteiger partial charge on any atom is 0.312 e. The van der Waals surface area contributed by atoms with Crippen LogP contribution in [-0.2, 0) is 14.3 Å². The van der Waals surface area contributed by atoms with Gasteiger partial charge in [0.2, 0.25) is 0 Å². The molecule has 0 N–H and O–H groups in total. The molecule has 0 aliphatic heterocycles. The number of esters is 1.